The van der Waals surface area contributed by atoms with E-state index in [0.717, 1.165) is 25.9 Å². The van der Waals surface area contributed by atoms with Crippen molar-refractivity contribution >= 4 is 17.5 Å². The third-order valence-corrected chi connectivity index (χ3v) is 3.36. The van der Waals surface area contributed by atoms with E-state index >= 15 is 0 Å². The predicted octanol–water partition coefficient (Wildman–Crippen LogP) is 1.52. The normalized spacial score (nSPS) is 18.4. The van der Waals surface area contributed by atoms with Crippen molar-refractivity contribution in [2.24, 2.45) is 0 Å². The quantitative estimate of drug-likeness (QED) is 0.780. The average molecular weight is 275 g/mol. The van der Waals surface area contributed by atoms with E-state index in [1.165, 1.54) is 0 Å². The second-order valence-electron chi connectivity index (χ2n) is 5.00. The number of rotatable bonds is 4. The Labute approximate surface area is 119 Å². The van der Waals surface area contributed by atoms with Gasteiger partial charge in [-0.1, -0.05) is 13.0 Å². The summed E-state index contributed by atoms with van der Waals surface area (Å²) in [5.74, 6) is -0.148. The fraction of sp³-hybridized carbons (Fsp3) is 0.467. The first-order chi connectivity index (χ1) is 9.69. The Morgan fingerprint density at radius 3 is 2.95 bits per heavy atom. The lowest BCUT2D eigenvalue weighted by atomic mass is 10.1. The minimum atomic E-state index is -0.0914. The first kappa shape index (κ1) is 14.5. The molecule has 3 N–H and O–H groups in total. The number of carbonyl (C=O) groups excluding carboxylic acids is 2. The lowest BCUT2D eigenvalue weighted by Gasteiger charge is -2.23. The Bertz CT molecular complexity index is 482. The van der Waals surface area contributed by atoms with E-state index in [1.807, 2.05) is 0 Å². The first-order valence-electron chi connectivity index (χ1n) is 7.10. The highest BCUT2D eigenvalue weighted by atomic mass is 16.2. The zero-order chi connectivity index (χ0) is 14.4. The monoisotopic (exact) mass is 275 g/mol. The number of amides is 2. The standard InChI is InChI=1S/C15H21N3O2/c1-2-14(19)17-12-6-3-5-11(9-12)15(20)18-13-7-4-8-16-10-13/h3,5-6,9,13,16H,2,4,7-8,10H2,1H3,(H,17,19)(H,18,20). The Kier molecular flexibility index (Phi) is 5.12. The summed E-state index contributed by atoms with van der Waals surface area (Å²) in [6.07, 6.45) is 2.51. The summed E-state index contributed by atoms with van der Waals surface area (Å²) >= 11 is 0. The summed E-state index contributed by atoms with van der Waals surface area (Å²) in [6.45, 7) is 3.63. The maximum absolute atomic E-state index is 12.2. The van der Waals surface area contributed by atoms with E-state index in [-0.39, 0.29) is 17.9 Å². The maximum Gasteiger partial charge on any atom is 0.251 e. The number of hydrogen-bond acceptors (Lipinski definition) is 3. The number of piperidine rings is 1. The summed E-state index contributed by atoms with van der Waals surface area (Å²) in [7, 11) is 0. The zero-order valence-corrected chi connectivity index (χ0v) is 11.7. The average Bonchev–Trinajstić information content (AvgIpc) is 2.48. The van der Waals surface area contributed by atoms with Gasteiger partial charge in [0.25, 0.3) is 5.91 Å². The second kappa shape index (κ2) is 7.05. The molecule has 0 bridgehead atoms. The predicted molar refractivity (Wildman–Crippen MR) is 78.7 cm³/mol. The van der Waals surface area contributed by atoms with Crippen molar-refractivity contribution in [3.8, 4) is 0 Å². The Hall–Kier alpha value is -1.88. The SMILES string of the molecule is CCC(=O)Nc1cccc(C(=O)NC2CCCNC2)c1. The van der Waals surface area contributed by atoms with Gasteiger partial charge in [-0.3, -0.25) is 9.59 Å². The summed E-state index contributed by atoms with van der Waals surface area (Å²) in [4.78, 5) is 23.5. The molecule has 2 rings (SSSR count). The van der Waals surface area contributed by atoms with Crippen molar-refractivity contribution in [3.63, 3.8) is 0 Å². The third-order valence-electron chi connectivity index (χ3n) is 3.36. The Morgan fingerprint density at radius 2 is 2.25 bits per heavy atom. The molecule has 5 nitrogen and oxygen atoms in total. The zero-order valence-electron chi connectivity index (χ0n) is 11.7. The summed E-state index contributed by atoms with van der Waals surface area (Å²) in [5.41, 5.74) is 1.23. The molecule has 0 saturated carbocycles. The molecule has 0 radical (unpaired) electrons. The molecule has 1 aromatic rings. The number of benzene rings is 1. The van der Waals surface area contributed by atoms with Gasteiger partial charge >= 0.3 is 0 Å². The van der Waals surface area contributed by atoms with Gasteiger partial charge in [0.2, 0.25) is 5.91 Å². The van der Waals surface area contributed by atoms with E-state index in [1.54, 1.807) is 31.2 Å². The van der Waals surface area contributed by atoms with Gasteiger partial charge in [-0.15, -0.1) is 0 Å². The minimum absolute atomic E-state index is 0.0564. The fourth-order valence-corrected chi connectivity index (χ4v) is 2.23. The molecule has 1 aromatic carbocycles. The van der Waals surface area contributed by atoms with Gasteiger partial charge in [0.05, 0.1) is 0 Å². The lowest BCUT2D eigenvalue weighted by Crippen LogP contribution is -2.45. The maximum atomic E-state index is 12.2. The molecule has 2 amide bonds. The van der Waals surface area contributed by atoms with Gasteiger partial charge in [-0.05, 0) is 37.6 Å². The molecule has 1 fully saturated rings. The van der Waals surface area contributed by atoms with E-state index < -0.39 is 0 Å². The number of hydrogen-bond donors (Lipinski definition) is 3. The van der Waals surface area contributed by atoms with Gasteiger partial charge in [-0.25, -0.2) is 0 Å². The van der Waals surface area contributed by atoms with Crippen LogP contribution >= 0.6 is 0 Å². The molecule has 5 heteroatoms. The number of nitrogens with one attached hydrogen (secondary N) is 3. The fourth-order valence-electron chi connectivity index (χ4n) is 2.23. The van der Waals surface area contributed by atoms with Crippen LogP contribution in [0.3, 0.4) is 0 Å². The van der Waals surface area contributed by atoms with Crippen LogP contribution in [0.2, 0.25) is 0 Å². The van der Waals surface area contributed by atoms with Gasteiger partial charge in [0.1, 0.15) is 0 Å². The van der Waals surface area contributed by atoms with Crippen LogP contribution in [0, 0.1) is 0 Å². The minimum Gasteiger partial charge on any atom is -0.348 e. The number of anilines is 1. The van der Waals surface area contributed by atoms with Crippen LogP contribution in [0.25, 0.3) is 0 Å². The molecule has 0 aromatic heterocycles. The molecule has 0 spiro atoms. The molecule has 20 heavy (non-hydrogen) atoms. The Morgan fingerprint density at radius 1 is 1.40 bits per heavy atom. The molecule has 108 valence electrons. The molecule has 0 aliphatic carbocycles. The molecule has 1 saturated heterocycles. The third kappa shape index (κ3) is 4.06. The van der Waals surface area contributed by atoms with Crippen LogP contribution in [0.5, 0.6) is 0 Å². The van der Waals surface area contributed by atoms with Crippen LogP contribution in [0.1, 0.15) is 36.5 Å². The number of carbonyl (C=O) groups is 2. The van der Waals surface area contributed by atoms with Crippen LogP contribution in [0.15, 0.2) is 24.3 Å². The van der Waals surface area contributed by atoms with Crippen LogP contribution < -0.4 is 16.0 Å². The van der Waals surface area contributed by atoms with E-state index in [4.69, 9.17) is 0 Å². The molecule has 1 unspecified atom stereocenters. The highest BCUT2D eigenvalue weighted by Crippen LogP contribution is 2.12. The van der Waals surface area contributed by atoms with Crippen molar-refractivity contribution in [1.29, 1.82) is 0 Å². The molecule has 1 aliphatic rings. The lowest BCUT2D eigenvalue weighted by molar-refractivity contribution is -0.115. The van der Waals surface area contributed by atoms with Crippen LogP contribution in [0.4, 0.5) is 5.69 Å². The van der Waals surface area contributed by atoms with Crippen molar-refractivity contribution < 1.29 is 9.59 Å². The smallest absolute Gasteiger partial charge is 0.251 e. The van der Waals surface area contributed by atoms with E-state index in [0.29, 0.717) is 17.7 Å². The van der Waals surface area contributed by atoms with Gasteiger partial charge in [-0.2, -0.15) is 0 Å². The Balaban J connectivity index is 1.98. The highest BCUT2D eigenvalue weighted by Gasteiger charge is 2.16. The van der Waals surface area contributed by atoms with Gasteiger partial charge in [0, 0.05) is 30.3 Å². The largest absolute Gasteiger partial charge is 0.348 e. The molecular formula is C15H21N3O2. The van der Waals surface area contributed by atoms with E-state index in [9.17, 15) is 9.59 Å². The molecule has 1 atom stereocenters. The summed E-state index contributed by atoms with van der Waals surface area (Å²) in [6, 6.07) is 7.21. The molecule has 1 aliphatic heterocycles. The second-order valence-corrected chi connectivity index (χ2v) is 5.00. The van der Waals surface area contributed by atoms with Gasteiger partial charge in [0.15, 0.2) is 0 Å². The van der Waals surface area contributed by atoms with Crippen molar-refractivity contribution in [3.05, 3.63) is 29.8 Å². The topological polar surface area (TPSA) is 70.2 Å². The van der Waals surface area contributed by atoms with Crippen LogP contribution in [-0.4, -0.2) is 30.9 Å². The molecular weight excluding hydrogens is 254 g/mol. The van der Waals surface area contributed by atoms with Crippen molar-refractivity contribution in [2.75, 3.05) is 18.4 Å². The first-order valence-corrected chi connectivity index (χ1v) is 7.10. The van der Waals surface area contributed by atoms with Crippen molar-refractivity contribution in [1.82, 2.24) is 10.6 Å². The van der Waals surface area contributed by atoms with Crippen molar-refractivity contribution in [2.45, 2.75) is 32.2 Å². The van der Waals surface area contributed by atoms with E-state index in [2.05, 4.69) is 16.0 Å². The summed E-state index contributed by atoms with van der Waals surface area (Å²) < 4.78 is 0. The van der Waals surface area contributed by atoms with Crippen LogP contribution in [-0.2, 0) is 4.79 Å². The highest BCUT2D eigenvalue weighted by molar-refractivity contribution is 5.97. The summed E-state index contributed by atoms with van der Waals surface area (Å²) in [5, 5.41) is 9.04. The molecule has 1 heterocycles. The van der Waals surface area contributed by atoms with Gasteiger partial charge < -0.3 is 16.0 Å².